The molecule has 2 fully saturated rings. The number of Topliss-reactive ketones (excluding diaryl/α,β-unsaturated/α-hetero) is 1. The number of rotatable bonds is 0. The van der Waals surface area contributed by atoms with Crippen molar-refractivity contribution in [3.8, 4) is 5.75 Å². The summed E-state index contributed by atoms with van der Waals surface area (Å²) in [5, 5.41) is 9.70. The van der Waals surface area contributed by atoms with Crippen molar-refractivity contribution in [3.05, 3.63) is 41.2 Å². The Bertz CT molecular complexity index is 678. The number of phenols is 1. The van der Waals surface area contributed by atoms with Crippen LogP contribution in [-0.4, -0.2) is 10.9 Å². The molecule has 4 atom stereocenters. The predicted octanol–water partition coefficient (Wildman–Crippen LogP) is 4.28. The number of fused-ring (bicyclic) bond motifs is 5. The zero-order valence-electron chi connectivity index (χ0n) is 12.8. The molecule has 0 aromatic heterocycles. The van der Waals surface area contributed by atoms with E-state index in [1.54, 1.807) is 6.07 Å². The van der Waals surface area contributed by atoms with Crippen LogP contribution in [0.3, 0.4) is 0 Å². The van der Waals surface area contributed by atoms with Crippen LogP contribution >= 0.6 is 0 Å². The zero-order valence-corrected chi connectivity index (χ0v) is 12.8. The zero-order chi connectivity index (χ0) is 15.5. The second-order valence-corrected chi connectivity index (χ2v) is 7.41. The van der Waals surface area contributed by atoms with Gasteiger partial charge in [0.25, 0.3) is 0 Å². The lowest BCUT2D eigenvalue weighted by atomic mass is 9.54. The Hall–Kier alpha value is -1.64. The first-order valence-electron chi connectivity index (χ1n) is 8.19. The summed E-state index contributed by atoms with van der Waals surface area (Å²) in [4.78, 5) is 12.4. The summed E-state index contributed by atoms with van der Waals surface area (Å²) >= 11 is 0. The molecule has 2 nitrogen and oxygen atoms in total. The first kappa shape index (κ1) is 14.0. The van der Waals surface area contributed by atoms with Gasteiger partial charge in [0.15, 0.2) is 0 Å². The first-order valence-corrected chi connectivity index (χ1v) is 8.19. The topological polar surface area (TPSA) is 37.3 Å². The molecule has 22 heavy (non-hydrogen) atoms. The normalized spacial score (nSPS) is 38.5. The lowest BCUT2D eigenvalue weighted by Crippen LogP contribution is -2.43. The number of ketones is 1. The van der Waals surface area contributed by atoms with Crippen LogP contribution in [0.25, 0.3) is 0 Å². The number of carbonyl (C=O) groups excluding carboxylic acids is 1. The molecule has 0 saturated heterocycles. The van der Waals surface area contributed by atoms with E-state index in [-0.39, 0.29) is 17.1 Å². The van der Waals surface area contributed by atoms with Gasteiger partial charge in [-0.25, -0.2) is 4.39 Å². The van der Waals surface area contributed by atoms with Gasteiger partial charge in [-0.05, 0) is 66.4 Å². The molecule has 1 N–H and O–H groups in total. The van der Waals surface area contributed by atoms with Gasteiger partial charge in [-0.2, -0.15) is 0 Å². The van der Waals surface area contributed by atoms with Gasteiger partial charge in [0.05, 0.1) is 6.33 Å². The van der Waals surface area contributed by atoms with Crippen LogP contribution in [0.5, 0.6) is 5.75 Å². The molecule has 0 unspecified atom stereocenters. The van der Waals surface area contributed by atoms with Crippen molar-refractivity contribution in [2.75, 3.05) is 0 Å². The Morgan fingerprint density at radius 1 is 1.32 bits per heavy atom. The Kier molecular flexibility index (Phi) is 2.97. The van der Waals surface area contributed by atoms with Crippen molar-refractivity contribution < 1.29 is 14.3 Å². The molecule has 0 aliphatic heterocycles. The summed E-state index contributed by atoms with van der Waals surface area (Å²) in [5.74, 6) is 1.39. The monoisotopic (exact) mass is 300 g/mol. The summed E-state index contributed by atoms with van der Waals surface area (Å²) in [6.07, 6.45) is 4.77. The molecule has 0 spiro atoms. The molecule has 4 rings (SSSR count). The quantitative estimate of drug-likeness (QED) is 0.776. The van der Waals surface area contributed by atoms with Crippen molar-refractivity contribution in [3.63, 3.8) is 0 Å². The third-order valence-electron chi connectivity index (χ3n) is 6.40. The smallest absolute Gasteiger partial charge is 0.139 e. The summed E-state index contributed by atoms with van der Waals surface area (Å²) in [6.45, 7) is 2.04. The highest BCUT2D eigenvalue weighted by atomic mass is 19.1. The molecule has 1 aromatic rings. The molecule has 0 bridgehead atoms. The number of hydrogen-bond acceptors (Lipinski definition) is 2. The minimum atomic E-state index is -0.368. The molecule has 1 aromatic carbocycles. The van der Waals surface area contributed by atoms with Crippen molar-refractivity contribution in [2.24, 2.45) is 17.3 Å². The van der Waals surface area contributed by atoms with Gasteiger partial charge in [-0.3, -0.25) is 4.79 Å². The fourth-order valence-electron chi connectivity index (χ4n) is 5.39. The third kappa shape index (κ3) is 1.74. The summed E-state index contributed by atoms with van der Waals surface area (Å²) in [7, 11) is 0. The van der Waals surface area contributed by atoms with E-state index in [2.05, 4.69) is 0 Å². The molecular formula is C19H21FO2. The standard InChI is InChI=1S/C19H21FO2/c1-19-9-12(10-20)18-14-5-3-13(21)8-11(14)2-4-15(18)16(19)6-7-17(19)22/h3,5,8,10,15-16,18,21H,2,4,6-7,9H2,1H3/t15-,16-,18+,19-/m0/s1. The van der Waals surface area contributed by atoms with Crippen LogP contribution in [0, 0.1) is 17.3 Å². The largest absolute Gasteiger partial charge is 0.508 e. The van der Waals surface area contributed by atoms with Gasteiger partial charge in [0, 0.05) is 17.8 Å². The van der Waals surface area contributed by atoms with E-state index in [1.807, 2.05) is 19.1 Å². The van der Waals surface area contributed by atoms with Gasteiger partial charge in [-0.15, -0.1) is 0 Å². The number of benzene rings is 1. The minimum Gasteiger partial charge on any atom is -0.508 e. The SMILES string of the molecule is C[C@]12CC(=CF)[C@@H]3c4ccc(O)cc4CC[C@H]3[C@@H]1CCC2=O. The van der Waals surface area contributed by atoms with Gasteiger partial charge in [-0.1, -0.05) is 13.0 Å². The van der Waals surface area contributed by atoms with Crippen LogP contribution in [-0.2, 0) is 11.2 Å². The maximum absolute atomic E-state index is 13.7. The maximum Gasteiger partial charge on any atom is 0.139 e. The van der Waals surface area contributed by atoms with E-state index >= 15 is 0 Å². The molecular weight excluding hydrogens is 279 g/mol. The van der Waals surface area contributed by atoms with Crippen LogP contribution in [0.2, 0.25) is 0 Å². The van der Waals surface area contributed by atoms with E-state index in [0.717, 1.165) is 42.3 Å². The van der Waals surface area contributed by atoms with Crippen LogP contribution in [0.1, 0.15) is 49.7 Å². The fourth-order valence-corrected chi connectivity index (χ4v) is 5.39. The fraction of sp³-hybridized carbons (Fsp3) is 0.526. The number of carbonyl (C=O) groups is 1. The molecule has 3 aliphatic carbocycles. The maximum atomic E-state index is 13.7. The highest BCUT2D eigenvalue weighted by molar-refractivity contribution is 5.87. The molecule has 0 radical (unpaired) electrons. The van der Waals surface area contributed by atoms with Crippen molar-refractivity contribution in [1.82, 2.24) is 0 Å². The average Bonchev–Trinajstić information content (AvgIpc) is 2.81. The average molecular weight is 300 g/mol. The number of hydrogen-bond donors (Lipinski definition) is 1. The van der Waals surface area contributed by atoms with E-state index in [4.69, 9.17) is 0 Å². The molecule has 3 heteroatoms. The summed E-state index contributed by atoms with van der Waals surface area (Å²) in [6, 6.07) is 5.46. The highest BCUT2D eigenvalue weighted by Crippen LogP contribution is 2.61. The van der Waals surface area contributed by atoms with E-state index in [1.165, 1.54) is 0 Å². The van der Waals surface area contributed by atoms with Crippen LogP contribution < -0.4 is 0 Å². The number of allylic oxidation sites excluding steroid dienone is 1. The highest BCUT2D eigenvalue weighted by Gasteiger charge is 2.56. The summed E-state index contributed by atoms with van der Waals surface area (Å²) < 4.78 is 13.7. The molecule has 0 heterocycles. The predicted molar refractivity (Wildman–Crippen MR) is 82.3 cm³/mol. The Balaban J connectivity index is 1.83. The van der Waals surface area contributed by atoms with Gasteiger partial charge < -0.3 is 5.11 Å². The third-order valence-corrected chi connectivity index (χ3v) is 6.40. The second kappa shape index (κ2) is 4.68. The van der Waals surface area contributed by atoms with E-state index in [0.29, 0.717) is 30.5 Å². The number of aromatic hydroxyl groups is 1. The molecule has 3 aliphatic rings. The van der Waals surface area contributed by atoms with Crippen LogP contribution in [0.15, 0.2) is 30.1 Å². The van der Waals surface area contributed by atoms with Gasteiger partial charge >= 0.3 is 0 Å². The lowest BCUT2D eigenvalue weighted by molar-refractivity contribution is -0.128. The Morgan fingerprint density at radius 3 is 2.91 bits per heavy atom. The molecule has 2 saturated carbocycles. The number of halogens is 1. The van der Waals surface area contributed by atoms with Crippen molar-refractivity contribution in [2.45, 2.75) is 44.9 Å². The van der Waals surface area contributed by atoms with Crippen molar-refractivity contribution >= 4 is 5.78 Å². The molecule has 116 valence electrons. The first-order chi connectivity index (χ1) is 10.5. The Labute approximate surface area is 130 Å². The second-order valence-electron chi connectivity index (χ2n) is 7.41. The van der Waals surface area contributed by atoms with Crippen molar-refractivity contribution in [1.29, 1.82) is 0 Å². The minimum absolute atomic E-state index is 0.0818. The Morgan fingerprint density at radius 2 is 2.14 bits per heavy atom. The summed E-state index contributed by atoms with van der Waals surface area (Å²) in [5.41, 5.74) is 2.69. The molecule has 0 amide bonds. The number of aryl methyl sites for hydroxylation is 1. The van der Waals surface area contributed by atoms with Gasteiger partial charge in [0.1, 0.15) is 11.5 Å². The van der Waals surface area contributed by atoms with E-state index in [9.17, 15) is 14.3 Å². The van der Waals surface area contributed by atoms with Crippen LogP contribution in [0.4, 0.5) is 4.39 Å². The number of phenolic OH excluding ortho intramolecular Hbond substituents is 1. The lowest BCUT2D eigenvalue weighted by Gasteiger charge is -2.49. The van der Waals surface area contributed by atoms with Gasteiger partial charge in [0.2, 0.25) is 0 Å². The van der Waals surface area contributed by atoms with E-state index < -0.39 is 0 Å².